The van der Waals surface area contributed by atoms with Crippen LogP contribution in [0.15, 0.2) is 18.2 Å². The van der Waals surface area contributed by atoms with E-state index in [1.54, 1.807) is 0 Å². The fraction of sp³-hybridized carbons (Fsp3) is 0. The van der Waals surface area contributed by atoms with Gasteiger partial charge in [-0.2, -0.15) is 0 Å². The Morgan fingerprint density at radius 1 is 0.688 bits per heavy atom. The summed E-state index contributed by atoms with van der Waals surface area (Å²) in [4.78, 5) is 31.7. The Morgan fingerprint density at radius 2 is 0.875 bits per heavy atom. The standard InChI is InChI=1S/C9H6O6.H3N/c10-7(11)4-1-5(8(12)13)3-6(2-4)9(14)15;/h1-3H,(H,10,11)(H,12,13)(H,14,15);1H3. The van der Waals surface area contributed by atoms with Crippen LogP contribution in [0, 0.1) is 0 Å². The molecule has 0 heterocycles. The van der Waals surface area contributed by atoms with E-state index >= 15 is 0 Å². The van der Waals surface area contributed by atoms with E-state index in [2.05, 4.69) is 0 Å². The number of aromatic carboxylic acids is 3. The van der Waals surface area contributed by atoms with Crippen molar-refractivity contribution in [2.24, 2.45) is 0 Å². The highest BCUT2D eigenvalue weighted by atomic mass is 16.4. The predicted octanol–water partition coefficient (Wildman–Crippen LogP) is 0.943. The molecule has 6 N–H and O–H groups in total. The first-order valence-corrected chi connectivity index (χ1v) is 3.77. The smallest absolute Gasteiger partial charge is 0.335 e. The Hall–Kier alpha value is -2.41. The number of hydrogen-bond acceptors (Lipinski definition) is 4. The van der Waals surface area contributed by atoms with Gasteiger partial charge < -0.3 is 21.5 Å². The van der Waals surface area contributed by atoms with Gasteiger partial charge in [0.25, 0.3) is 0 Å². The second-order valence-electron chi connectivity index (χ2n) is 2.71. The van der Waals surface area contributed by atoms with Crippen molar-refractivity contribution in [1.82, 2.24) is 6.15 Å². The predicted molar refractivity (Wildman–Crippen MR) is 52.3 cm³/mol. The third kappa shape index (κ3) is 2.79. The zero-order valence-electron chi connectivity index (χ0n) is 8.01. The number of carboxylic acids is 3. The van der Waals surface area contributed by atoms with Gasteiger partial charge in [0.1, 0.15) is 0 Å². The molecule has 0 unspecified atom stereocenters. The van der Waals surface area contributed by atoms with Crippen molar-refractivity contribution in [3.05, 3.63) is 34.9 Å². The molecule has 7 heteroatoms. The summed E-state index contributed by atoms with van der Waals surface area (Å²) < 4.78 is 0. The maximum atomic E-state index is 10.6. The van der Waals surface area contributed by atoms with Crippen LogP contribution in [0.1, 0.15) is 31.1 Å². The fourth-order valence-electron chi connectivity index (χ4n) is 0.998. The molecule has 1 rings (SSSR count). The number of rotatable bonds is 3. The van der Waals surface area contributed by atoms with Gasteiger partial charge in [-0.05, 0) is 18.2 Å². The molecular weight excluding hydrogens is 218 g/mol. The molecule has 0 atom stereocenters. The molecule has 0 fully saturated rings. The Labute approximate surface area is 89.5 Å². The molecule has 0 spiro atoms. The van der Waals surface area contributed by atoms with Crippen LogP contribution in [0.4, 0.5) is 0 Å². The average molecular weight is 227 g/mol. The molecule has 0 aliphatic heterocycles. The van der Waals surface area contributed by atoms with Gasteiger partial charge in [-0.3, -0.25) is 0 Å². The van der Waals surface area contributed by atoms with E-state index in [1.807, 2.05) is 0 Å². The molecular formula is C9H9NO6. The summed E-state index contributed by atoms with van der Waals surface area (Å²) in [5.74, 6) is -4.12. The van der Waals surface area contributed by atoms with E-state index < -0.39 is 17.9 Å². The molecule has 0 aromatic heterocycles. The van der Waals surface area contributed by atoms with E-state index in [4.69, 9.17) is 15.3 Å². The van der Waals surface area contributed by atoms with Gasteiger partial charge in [0, 0.05) is 0 Å². The van der Waals surface area contributed by atoms with Crippen LogP contribution in [0.3, 0.4) is 0 Å². The molecule has 0 amide bonds. The van der Waals surface area contributed by atoms with Crippen LogP contribution >= 0.6 is 0 Å². The highest BCUT2D eigenvalue weighted by Crippen LogP contribution is 2.11. The van der Waals surface area contributed by atoms with Gasteiger partial charge in [-0.15, -0.1) is 0 Å². The van der Waals surface area contributed by atoms with Crippen molar-refractivity contribution in [1.29, 1.82) is 0 Å². The van der Waals surface area contributed by atoms with Crippen molar-refractivity contribution < 1.29 is 29.7 Å². The first-order chi connectivity index (χ1) is 6.91. The lowest BCUT2D eigenvalue weighted by Crippen LogP contribution is -2.07. The molecule has 0 saturated heterocycles. The molecule has 7 nitrogen and oxygen atoms in total. The largest absolute Gasteiger partial charge is 0.478 e. The highest BCUT2D eigenvalue weighted by molar-refractivity contribution is 5.98. The van der Waals surface area contributed by atoms with Gasteiger partial charge in [0.2, 0.25) is 0 Å². The van der Waals surface area contributed by atoms with E-state index in [-0.39, 0.29) is 22.8 Å². The van der Waals surface area contributed by atoms with Gasteiger partial charge in [0.15, 0.2) is 0 Å². The molecule has 0 bridgehead atoms. The topological polar surface area (TPSA) is 147 Å². The van der Waals surface area contributed by atoms with Crippen molar-refractivity contribution in [3.63, 3.8) is 0 Å². The maximum absolute atomic E-state index is 10.6. The van der Waals surface area contributed by atoms with Gasteiger partial charge in [-0.25, -0.2) is 14.4 Å². The normalized spacial score (nSPS) is 9.00. The third-order valence-corrected chi connectivity index (χ3v) is 1.67. The Morgan fingerprint density at radius 3 is 1.00 bits per heavy atom. The summed E-state index contributed by atoms with van der Waals surface area (Å²) in [5, 5.41) is 25.8. The minimum absolute atomic E-state index is 0. The lowest BCUT2D eigenvalue weighted by molar-refractivity contribution is 0.0696. The minimum atomic E-state index is -1.37. The summed E-state index contributed by atoms with van der Waals surface area (Å²) in [5.41, 5.74) is -1.10. The van der Waals surface area contributed by atoms with Crippen molar-refractivity contribution in [2.45, 2.75) is 0 Å². The number of benzene rings is 1. The van der Waals surface area contributed by atoms with E-state index in [9.17, 15) is 14.4 Å². The molecule has 1 aromatic carbocycles. The van der Waals surface area contributed by atoms with Crippen molar-refractivity contribution in [2.75, 3.05) is 0 Å². The van der Waals surface area contributed by atoms with E-state index in [0.717, 1.165) is 18.2 Å². The lowest BCUT2D eigenvalue weighted by Gasteiger charge is -2.00. The number of carbonyl (C=O) groups is 3. The molecule has 0 saturated carbocycles. The number of hydrogen-bond donors (Lipinski definition) is 4. The first-order valence-electron chi connectivity index (χ1n) is 3.77. The average Bonchev–Trinajstić information content (AvgIpc) is 2.16. The van der Waals surface area contributed by atoms with Crippen molar-refractivity contribution >= 4 is 17.9 Å². The Bertz CT molecular complexity index is 374. The molecule has 0 aliphatic rings. The quantitative estimate of drug-likeness (QED) is 0.600. The van der Waals surface area contributed by atoms with Gasteiger partial charge >= 0.3 is 17.9 Å². The van der Waals surface area contributed by atoms with Gasteiger partial charge in [0.05, 0.1) is 16.7 Å². The van der Waals surface area contributed by atoms with Crippen LogP contribution in [-0.4, -0.2) is 33.2 Å². The van der Waals surface area contributed by atoms with Crippen LogP contribution in [0.5, 0.6) is 0 Å². The molecule has 1 aromatic rings. The Balaban J connectivity index is 0.00000225. The first kappa shape index (κ1) is 13.6. The fourth-order valence-corrected chi connectivity index (χ4v) is 0.998. The highest BCUT2D eigenvalue weighted by Gasteiger charge is 2.14. The molecule has 0 radical (unpaired) electrons. The van der Waals surface area contributed by atoms with Gasteiger partial charge in [-0.1, -0.05) is 0 Å². The zero-order chi connectivity index (χ0) is 11.6. The zero-order valence-corrected chi connectivity index (χ0v) is 8.01. The van der Waals surface area contributed by atoms with E-state index in [0.29, 0.717) is 0 Å². The second kappa shape index (κ2) is 4.89. The third-order valence-electron chi connectivity index (χ3n) is 1.67. The SMILES string of the molecule is N.O=C(O)c1cc(C(=O)O)cc(C(=O)O)c1. The number of carboxylic acid groups (broad SMARTS) is 3. The van der Waals surface area contributed by atoms with Crippen LogP contribution < -0.4 is 6.15 Å². The van der Waals surface area contributed by atoms with Crippen molar-refractivity contribution in [3.8, 4) is 0 Å². The summed E-state index contributed by atoms with van der Waals surface area (Å²) in [6.45, 7) is 0. The Kier molecular flexibility index (Phi) is 4.16. The lowest BCUT2D eigenvalue weighted by atomic mass is 10.1. The molecule has 16 heavy (non-hydrogen) atoms. The summed E-state index contributed by atoms with van der Waals surface area (Å²) in [6, 6.07) is 2.70. The summed E-state index contributed by atoms with van der Waals surface area (Å²) >= 11 is 0. The molecule has 0 aliphatic carbocycles. The van der Waals surface area contributed by atoms with Crippen LogP contribution in [0.25, 0.3) is 0 Å². The van der Waals surface area contributed by atoms with E-state index in [1.165, 1.54) is 0 Å². The maximum Gasteiger partial charge on any atom is 0.335 e. The minimum Gasteiger partial charge on any atom is -0.478 e. The summed E-state index contributed by atoms with van der Waals surface area (Å²) in [7, 11) is 0. The molecule has 86 valence electrons. The second-order valence-corrected chi connectivity index (χ2v) is 2.71. The monoisotopic (exact) mass is 227 g/mol. The van der Waals surface area contributed by atoms with Crippen LogP contribution in [0.2, 0.25) is 0 Å². The van der Waals surface area contributed by atoms with Crippen LogP contribution in [-0.2, 0) is 0 Å². The summed E-state index contributed by atoms with van der Waals surface area (Å²) in [6.07, 6.45) is 0.